The molecular formula is C23H23ClFN3O2S. The third-order valence-electron chi connectivity index (χ3n) is 6.21. The number of hydrogen-bond donors (Lipinski definition) is 0. The number of nitrogens with zero attached hydrogens (tertiary/aromatic N) is 3. The number of benzene rings is 1. The predicted octanol–water partition coefficient (Wildman–Crippen LogP) is 4.71. The van der Waals surface area contributed by atoms with Gasteiger partial charge in [-0.1, -0.05) is 17.7 Å². The lowest BCUT2D eigenvalue weighted by Crippen LogP contribution is -2.34. The summed E-state index contributed by atoms with van der Waals surface area (Å²) in [4.78, 5) is 34.4. The van der Waals surface area contributed by atoms with Gasteiger partial charge in [0.1, 0.15) is 10.6 Å². The van der Waals surface area contributed by atoms with E-state index in [1.54, 1.807) is 39.3 Å². The molecule has 1 amide bonds. The molecule has 0 radical (unpaired) electrons. The second kappa shape index (κ2) is 8.36. The topological polar surface area (TPSA) is 55.2 Å². The number of fused-ring (bicyclic) bond motifs is 3. The van der Waals surface area contributed by atoms with Gasteiger partial charge >= 0.3 is 0 Å². The van der Waals surface area contributed by atoms with Crippen LogP contribution in [0.25, 0.3) is 10.2 Å². The lowest BCUT2D eigenvalue weighted by atomic mass is 9.97. The predicted molar refractivity (Wildman–Crippen MR) is 120 cm³/mol. The molecule has 1 fully saturated rings. The quantitative estimate of drug-likeness (QED) is 0.536. The van der Waals surface area contributed by atoms with Crippen molar-refractivity contribution in [2.24, 2.45) is 0 Å². The number of aromatic nitrogens is 2. The molecular weight excluding hydrogens is 437 g/mol. The van der Waals surface area contributed by atoms with E-state index in [2.05, 4.69) is 4.98 Å². The Morgan fingerprint density at radius 3 is 2.87 bits per heavy atom. The summed E-state index contributed by atoms with van der Waals surface area (Å²) < 4.78 is 15.8. The van der Waals surface area contributed by atoms with Crippen LogP contribution in [-0.4, -0.2) is 26.4 Å². The summed E-state index contributed by atoms with van der Waals surface area (Å²) >= 11 is 7.79. The van der Waals surface area contributed by atoms with E-state index in [-0.39, 0.29) is 37.0 Å². The van der Waals surface area contributed by atoms with Crippen molar-refractivity contribution in [3.05, 3.63) is 61.7 Å². The van der Waals surface area contributed by atoms with Crippen LogP contribution in [0.3, 0.4) is 0 Å². The van der Waals surface area contributed by atoms with Crippen LogP contribution < -0.4 is 5.56 Å². The Morgan fingerprint density at radius 2 is 2.10 bits per heavy atom. The summed E-state index contributed by atoms with van der Waals surface area (Å²) in [7, 11) is 0. The smallest absolute Gasteiger partial charge is 0.262 e. The van der Waals surface area contributed by atoms with Crippen LogP contribution in [-0.2, 0) is 30.7 Å². The molecule has 0 bridgehead atoms. The van der Waals surface area contributed by atoms with Gasteiger partial charge in [0.25, 0.3) is 5.56 Å². The Labute approximate surface area is 188 Å². The van der Waals surface area contributed by atoms with Crippen LogP contribution in [0.5, 0.6) is 0 Å². The largest absolute Gasteiger partial charge is 0.335 e. The van der Waals surface area contributed by atoms with Gasteiger partial charge in [-0.15, -0.1) is 11.3 Å². The van der Waals surface area contributed by atoms with E-state index in [1.807, 2.05) is 0 Å². The molecule has 8 heteroatoms. The molecule has 2 aromatic heterocycles. The number of hydrogen-bond acceptors (Lipinski definition) is 4. The fourth-order valence-electron chi connectivity index (χ4n) is 4.36. The maximum absolute atomic E-state index is 14.2. The van der Waals surface area contributed by atoms with Gasteiger partial charge in [0, 0.05) is 34.5 Å². The number of rotatable bonds is 6. The fourth-order valence-corrected chi connectivity index (χ4v) is 5.80. The first-order chi connectivity index (χ1) is 15.0. The van der Waals surface area contributed by atoms with E-state index < -0.39 is 5.82 Å². The van der Waals surface area contributed by atoms with Crippen molar-refractivity contribution < 1.29 is 9.18 Å². The Morgan fingerprint density at radius 1 is 1.29 bits per heavy atom. The van der Waals surface area contributed by atoms with Crippen LogP contribution in [0.15, 0.2) is 29.3 Å². The molecule has 2 heterocycles. The van der Waals surface area contributed by atoms with Crippen LogP contribution in [0.4, 0.5) is 4.39 Å². The molecule has 0 saturated heterocycles. The molecule has 31 heavy (non-hydrogen) atoms. The van der Waals surface area contributed by atoms with E-state index >= 15 is 0 Å². The van der Waals surface area contributed by atoms with E-state index in [0.717, 1.165) is 54.3 Å². The molecule has 1 saturated carbocycles. The normalized spacial score (nSPS) is 15.8. The summed E-state index contributed by atoms with van der Waals surface area (Å²) in [5.41, 5.74) is 1.43. The molecule has 5 rings (SSSR count). The Balaban J connectivity index is 1.35. The number of thiophene rings is 1. The second-order valence-electron chi connectivity index (χ2n) is 8.34. The minimum Gasteiger partial charge on any atom is -0.335 e. The second-order valence-corrected chi connectivity index (χ2v) is 9.83. The third-order valence-corrected chi connectivity index (χ3v) is 7.76. The van der Waals surface area contributed by atoms with Crippen molar-refractivity contribution in [2.75, 3.05) is 0 Å². The van der Waals surface area contributed by atoms with Crippen molar-refractivity contribution in [2.45, 2.75) is 64.1 Å². The molecule has 1 aromatic carbocycles. The average molecular weight is 460 g/mol. The van der Waals surface area contributed by atoms with E-state index in [9.17, 15) is 14.0 Å². The minimum absolute atomic E-state index is 0.0627. The Bertz CT molecular complexity index is 1200. The zero-order valence-corrected chi connectivity index (χ0v) is 18.6. The molecule has 3 aromatic rings. The van der Waals surface area contributed by atoms with Gasteiger partial charge < -0.3 is 4.90 Å². The van der Waals surface area contributed by atoms with Gasteiger partial charge in [-0.05, 0) is 56.2 Å². The molecule has 0 N–H and O–H groups in total. The van der Waals surface area contributed by atoms with Gasteiger partial charge in [-0.25, -0.2) is 9.37 Å². The molecule has 0 unspecified atom stereocenters. The first-order valence-corrected chi connectivity index (χ1v) is 11.9. The summed E-state index contributed by atoms with van der Waals surface area (Å²) in [6.45, 7) is 0.415. The highest BCUT2D eigenvalue weighted by Crippen LogP contribution is 2.34. The summed E-state index contributed by atoms with van der Waals surface area (Å²) in [5.74, 6) is -0.500. The summed E-state index contributed by atoms with van der Waals surface area (Å²) in [6.07, 6.45) is 7.74. The molecule has 2 aliphatic carbocycles. The molecule has 0 atom stereocenters. The van der Waals surface area contributed by atoms with Gasteiger partial charge in [0.15, 0.2) is 0 Å². The van der Waals surface area contributed by atoms with Crippen molar-refractivity contribution in [1.29, 1.82) is 0 Å². The maximum Gasteiger partial charge on any atom is 0.262 e. The molecule has 162 valence electrons. The maximum atomic E-state index is 14.2. The van der Waals surface area contributed by atoms with Crippen LogP contribution in [0, 0.1) is 5.82 Å². The number of amides is 1. The fraction of sp³-hybridized carbons (Fsp3) is 0.435. The summed E-state index contributed by atoms with van der Waals surface area (Å²) in [6, 6.07) is 4.67. The average Bonchev–Trinajstić information content (AvgIpc) is 3.52. The third kappa shape index (κ3) is 4.01. The summed E-state index contributed by atoms with van der Waals surface area (Å²) in [5, 5.41) is 1.05. The van der Waals surface area contributed by atoms with Crippen molar-refractivity contribution >= 4 is 39.1 Å². The highest BCUT2D eigenvalue weighted by molar-refractivity contribution is 7.18. The van der Waals surface area contributed by atoms with E-state index in [0.29, 0.717) is 10.6 Å². The Kier molecular flexibility index (Phi) is 5.56. The zero-order valence-electron chi connectivity index (χ0n) is 17.1. The van der Waals surface area contributed by atoms with Crippen molar-refractivity contribution in [1.82, 2.24) is 14.5 Å². The standard InChI is InChI=1S/C23H23ClFN3O2S/c24-17-5-3-6-18(25)16(17)12-28(14-8-9-14)20(29)10-11-27-13-26-22-21(23(27)30)15-4-1-2-7-19(15)31-22/h3,5-6,13-14H,1-2,4,7-12H2. The Hall–Kier alpha value is -2.25. The monoisotopic (exact) mass is 459 g/mol. The zero-order chi connectivity index (χ0) is 21.5. The van der Waals surface area contributed by atoms with Crippen molar-refractivity contribution in [3.63, 3.8) is 0 Å². The number of carbonyl (C=O) groups excluding carboxylic acids is 1. The molecule has 2 aliphatic rings. The SMILES string of the molecule is O=C(CCn1cnc2sc3c(c2c1=O)CCCC3)N(Cc1c(F)cccc1Cl)C1CC1. The van der Waals surface area contributed by atoms with Gasteiger partial charge in [-0.2, -0.15) is 0 Å². The van der Waals surface area contributed by atoms with Crippen LogP contribution in [0.2, 0.25) is 5.02 Å². The van der Waals surface area contributed by atoms with E-state index in [1.165, 1.54) is 10.9 Å². The highest BCUT2D eigenvalue weighted by Gasteiger charge is 2.33. The lowest BCUT2D eigenvalue weighted by Gasteiger charge is -2.23. The number of carbonyl (C=O) groups is 1. The molecule has 5 nitrogen and oxygen atoms in total. The van der Waals surface area contributed by atoms with Gasteiger partial charge in [-0.3, -0.25) is 14.2 Å². The van der Waals surface area contributed by atoms with E-state index in [4.69, 9.17) is 11.6 Å². The number of halogens is 2. The van der Waals surface area contributed by atoms with Crippen LogP contribution in [0.1, 0.15) is 48.1 Å². The minimum atomic E-state index is -0.404. The molecule has 0 spiro atoms. The van der Waals surface area contributed by atoms with Crippen LogP contribution >= 0.6 is 22.9 Å². The number of aryl methyl sites for hydroxylation is 3. The first kappa shape index (κ1) is 20.6. The highest BCUT2D eigenvalue weighted by atomic mass is 35.5. The molecule has 0 aliphatic heterocycles. The van der Waals surface area contributed by atoms with Gasteiger partial charge in [0.2, 0.25) is 5.91 Å². The van der Waals surface area contributed by atoms with Gasteiger partial charge in [0.05, 0.1) is 18.3 Å². The first-order valence-electron chi connectivity index (χ1n) is 10.7. The van der Waals surface area contributed by atoms with Crippen molar-refractivity contribution in [3.8, 4) is 0 Å². The lowest BCUT2D eigenvalue weighted by molar-refractivity contribution is -0.132.